The molecule has 8 unspecified atom stereocenters. The molecule has 0 aromatic carbocycles. The predicted octanol–water partition coefficient (Wildman–Crippen LogP) is 3.43. The Morgan fingerprint density at radius 2 is 1.65 bits per heavy atom. The van der Waals surface area contributed by atoms with Crippen molar-refractivity contribution < 1.29 is 0 Å². The maximum atomic E-state index is 6.68. The summed E-state index contributed by atoms with van der Waals surface area (Å²) in [5.41, 5.74) is 7.56. The average molecular weight is 233 g/mol. The first-order valence-electron chi connectivity index (χ1n) is 7.72. The Morgan fingerprint density at radius 3 is 2.41 bits per heavy atom. The molecule has 1 heteroatoms. The van der Waals surface area contributed by atoms with Gasteiger partial charge in [0.2, 0.25) is 0 Å². The largest absolute Gasteiger partial charge is 0.325 e. The first-order valence-corrected chi connectivity index (χ1v) is 7.72. The van der Waals surface area contributed by atoms with E-state index in [0.717, 1.165) is 35.5 Å². The first kappa shape index (κ1) is 10.8. The molecule has 5 saturated carbocycles. The molecule has 0 heterocycles. The predicted molar refractivity (Wildman–Crippen MR) is 70.4 cm³/mol. The van der Waals surface area contributed by atoms with Crippen molar-refractivity contribution in [1.82, 2.24) is 0 Å². The summed E-state index contributed by atoms with van der Waals surface area (Å²) < 4.78 is 0. The Balaban J connectivity index is 1.83. The first-order chi connectivity index (χ1) is 7.93. The Labute approximate surface area is 106 Å². The average Bonchev–Trinajstić information content (AvgIpc) is 2.24. The molecule has 5 aliphatic rings. The summed E-state index contributed by atoms with van der Waals surface area (Å²) in [4.78, 5) is 0. The van der Waals surface area contributed by atoms with Crippen molar-refractivity contribution in [2.75, 3.05) is 0 Å². The molecule has 6 bridgehead atoms. The van der Waals surface area contributed by atoms with Crippen molar-refractivity contribution in [3.8, 4) is 0 Å². The van der Waals surface area contributed by atoms with Gasteiger partial charge in [0.05, 0.1) is 0 Å². The van der Waals surface area contributed by atoms with Crippen LogP contribution in [0.3, 0.4) is 0 Å². The second kappa shape index (κ2) is 2.92. The van der Waals surface area contributed by atoms with Gasteiger partial charge < -0.3 is 5.73 Å². The van der Waals surface area contributed by atoms with Gasteiger partial charge in [-0.15, -0.1) is 0 Å². The lowest BCUT2D eigenvalue weighted by Gasteiger charge is -2.72. The quantitative estimate of drug-likeness (QED) is 0.681. The number of hydrogen-bond acceptors (Lipinski definition) is 1. The third-order valence-electron chi connectivity index (χ3n) is 7.43. The van der Waals surface area contributed by atoms with Crippen molar-refractivity contribution in [1.29, 1.82) is 0 Å². The van der Waals surface area contributed by atoms with Gasteiger partial charge in [-0.05, 0) is 73.0 Å². The lowest BCUT2D eigenvalue weighted by atomic mass is 9.34. The second-order valence-electron chi connectivity index (χ2n) is 8.43. The monoisotopic (exact) mass is 233 g/mol. The van der Waals surface area contributed by atoms with Gasteiger partial charge in [-0.25, -0.2) is 0 Å². The van der Waals surface area contributed by atoms with Gasteiger partial charge in [0.1, 0.15) is 0 Å². The molecule has 17 heavy (non-hydrogen) atoms. The van der Waals surface area contributed by atoms with Crippen LogP contribution in [-0.4, -0.2) is 5.54 Å². The highest BCUT2D eigenvalue weighted by Gasteiger charge is 2.66. The summed E-state index contributed by atoms with van der Waals surface area (Å²) >= 11 is 0. The number of nitrogens with two attached hydrogens (primary N) is 1. The van der Waals surface area contributed by atoms with E-state index in [1.165, 1.54) is 32.1 Å². The lowest BCUT2D eigenvalue weighted by Crippen LogP contribution is -2.70. The van der Waals surface area contributed by atoms with E-state index in [1.807, 2.05) is 0 Å². The molecule has 8 atom stereocenters. The van der Waals surface area contributed by atoms with Gasteiger partial charge in [-0.1, -0.05) is 20.8 Å². The molecule has 0 aliphatic heterocycles. The standard InChI is InChI=1S/C16H27N/c1-9-4-11-12-6-16(17)7-13(10(12)2)15(3,5-9)14(11)8-16/h9-14H,4-8,17H2,1-3H3. The van der Waals surface area contributed by atoms with E-state index in [9.17, 15) is 0 Å². The molecule has 0 spiro atoms. The van der Waals surface area contributed by atoms with Crippen LogP contribution >= 0.6 is 0 Å². The molecule has 0 radical (unpaired) electrons. The summed E-state index contributed by atoms with van der Waals surface area (Å²) in [5.74, 6) is 5.80. The van der Waals surface area contributed by atoms with Gasteiger partial charge in [0.15, 0.2) is 0 Å². The van der Waals surface area contributed by atoms with Crippen LogP contribution in [-0.2, 0) is 0 Å². The van der Waals surface area contributed by atoms with Gasteiger partial charge in [-0.2, -0.15) is 0 Å². The fraction of sp³-hybridized carbons (Fsp3) is 1.00. The molecule has 2 N–H and O–H groups in total. The lowest BCUT2D eigenvalue weighted by molar-refractivity contribution is -0.211. The molecular weight excluding hydrogens is 206 g/mol. The fourth-order valence-corrected chi connectivity index (χ4v) is 7.03. The summed E-state index contributed by atoms with van der Waals surface area (Å²) in [5, 5.41) is 0. The van der Waals surface area contributed by atoms with Crippen LogP contribution in [0.5, 0.6) is 0 Å². The van der Waals surface area contributed by atoms with E-state index >= 15 is 0 Å². The smallest absolute Gasteiger partial charge is 0.0163 e. The van der Waals surface area contributed by atoms with Gasteiger partial charge in [-0.3, -0.25) is 0 Å². The highest BCUT2D eigenvalue weighted by Crippen LogP contribution is 2.71. The number of hydrogen-bond donors (Lipinski definition) is 1. The van der Waals surface area contributed by atoms with Crippen molar-refractivity contribution in [2.24, 2.45) is 46.7 Å². The molecule has 5 rings (SSSR count). The number of rotatable bonds is 0. The molecule has 96 valence electrons. The van der Waals surface area contributed by atoms with Crippen LogP contribution in [0.15, 0.2) is 0 Å². The van der Waals surface area contributed by atoms with Crippen LogP contribution < -0.4 is 5.73 Å². The third kappa shape index (κ3) is 1.15. The van der Waals surface area contributed by atoms with Crippen LogP contribution in [0.25, 0.3) is 0 Å². The minimum absolute atomic E-state index is 0.239. The van der Waals surface area contributed by atoms with E-state index in [4.69, 9.17) is 5.73 Å². The van der Waals surface area contributed by atoms with E-state index < -0.39 is 0 Å². The molecule has 5 aliphatic carbocycles. The van der Waals surface area contributed by atoms with E-state index in [1.54, 1.807) is 0 Å². The molecule has 5 fully saturated rings. The van der Waals surface area contributed by atoms with Crippen LogP contribution in [0.4, 0.5) is 0 Å². The molecule has 0 saturated heterocycles. The third-order valence-corrected chi connectivity index (χ3v) is 7.43. The molecular formula is C16H27N. The van der Waals surface area contributed by atoms with E-state index in [0.29, 0.717) is 5.41 Å². The maximum absolute atomic E-state index is 6.68. The van der Waals surface area contributed by atoms with Gasteiger partial charge in [0, 0.05) is 5.54 Å². The zero-order valence-electron chi connectivity index (χ0n) is 11.6. The van der Waals surface area contributed by atoms with Crippen molar-refractivity contribution in [3.63, 3.8) is 0 Å². The SMILES string of the molecule is CC1CC2C3CC4(N)CC(C3C)C(C)(C1)C2C4. The summed E-state index contributed by atoms with van der Waals surface area (Å²) in [6, 6.07) is 0. The normalized spacial score (nSPS) is 68.5. The van der Waals surface area contributed by atoms with E-state index in [2.05, 4.69) is 20.8 Å². The molecule has 0 aromatic heterocycles. The second-order valence-corrected chi connectivity index (χ2v) is 8.43. The highest BCUT2D eigenvalue weighted by molar-refractivity contribution is 5.18. The van der Waals surface area contributed by atoms with Crippen LogP contribution in [0, 0.1) is 40.9 Å². The molecule has 1 nitrogen and oxygen atoms in total. The van der Waals surface area contributed by atoms with Crippen LogP contribution in [0.2, 0.25) is 0 Å². The molecule has 0 aromatic rings. The Morgan fingerprint density at radius 1 is 0.941 bits per heavy atom. The van der Waals surface area contributed by atoms with Crippen molar-refractivity contribution >= 4 is 0 Å². The van der Waals surface area contributed by atoms with Crippen molar-refractivity contribution in [3.05, 3.63) is 0 Å². The fourth-order valence-electron chi connectivity index (χ4n) is 7.03. The summed E-state index contributed by atoms with van der Waals surface area (Å²) in [6.07, 6.45) is 7.00. The topological polar surface area (TPSA) is 26.0 Å². The van der Waals surface area contributed by atoms with Crippen LogP contribution in [0.1, 0.15) is 52.9 Å². The molecule has 0 amide bonds. The van der Waals surface area contributed by atoms with Gasteiger partial charge in [0.25, 0.3) is 0 Å². The zero-order valence-corrected chi connectivity index (χ0v) is 11.6. The van der Waals surface area contributed by atoms with Gasteiger partial charge >= 0.3 is 0 Å². The highest BCUT2D eigenvalue weighted by atomic mass is 14.8. The Bertz CT molecular complexity index is 353. The Kier molecular flexibility index (Phi) is 1.86. The minimum Gasteiger partial charge on any atom is -0.325 e. The summed E-state index contributed by atoms with van der Waals surface area (Å²) in [7, 11) is 0. The van der Waals surface area contributed by atoms with E-state index in [-0.39, 0.29) is 5.54 Å². The maximum Gasteiger partial charge on any atom is 0.0163 e. The summed E-state index contributed by atoms with van der Waals surface area (Å²) in [6.45, 7) is 7.64. The van der Waals surface area contributed by atoms with Crippen molar-refractivity contribution in [2.45, 2.75) is 58.4 Å². The minimum atomic E-state index is 0.239. The Hall–Kier alpha value is -0.0400. The zero-order chi connectivity index (χ0) is 12.0.